The fraction of sp³-hybridized carbons (Fsp3) is 0.188. The highest BCUT2D eigenvalue weighted by molar-refractivity contribution is 7.22. The highest BCUT2D eigenvalue weighted by Gasteiger charge is 2.30. The Morgan fingerprint density at radius 3 is 2.54 bits per heavy atom. The van der Waals surface area contributed by atoms with E-state index < -0.39 is 17.3 Å². The van der Waals surface area contributed by atoms with Gasteiger partial charge in [-0.2, -0.15) is 18.3 Å². The van der Waals surface area contributed by atoms with E-state index in [4.69, 9.17) is 31.0 Å². The number of alkyl halides is 3. The summed E-state index contributed by atoms with van der Waals surface area (Å²) in [5.74, 6) is 0. The van der Waals surface area contributed by atoms with Crippen LogP contribution in [0, 0.1) is 0 Å². The van der Waals surface area contributed by atoms with Crippen LogP contribution in [0.5, 0.6) is 0 Å². The third-order valence-corrected chi connectivity index (χ3v) is 6.67. The second kappa shape index (κ2) is 7.02. The topological polar surface area (TPSA) is 47.8 Å². The van der Waals surface area contributed by atoms with Crippen LogP contribution in [0.1, 0.15) is 16.3 Å². The summed E-state index contributed by atoms with van der Waals surface area (Å²) in [6.45, 7) is -0.0216. The minimum absolute atomic E-state index is 0.0216. The fourth-order valence-corrected chi connectivity index (χ4v) is 5.45. The summed E-state index contributed by atoms with van der Waals surface area (Å²) >= 11 is 14.5. The first kappa shape index (κ1) is 19.7. The Hall–Kier alpha value is -1.62. The maximum Gasteiger partial charge on any atom is 0.416 e. The number of benzene rings is 1. The zero-order chi connectivity index (χ0) is 20.2. The van der Waals surface area contributed by atoms with Crippen molar-refractivity contribution >= 4 is 74.7 Å². The molecule has 0 amide bonds. The second-order valence-corrected chi connectivity index (χ2v) is 9.14. The fourth-order valence-electron chi connectivity index (χ4n) is 2.79. The molecule has 4 rings (SSSR count). The first-order valence-corrected chi connectivity index (χ1v) is 10.1. The van der Waals surface area contributed by atoms with Gasteiger partial charge >= 0.3 is 6.18 Å². The largest absolute Gasteiger partial charge is 0.416 e. The van der Waals surface area contributed by atoms with E-state index in [1.54, 1.807) is 0 Å². The van der Waals surface area contributed by atoms with Gasteiger partial charge in [0.15, 0.2) is 0 Å². The number of aromatic nitrogens is 3. The molecule has 0 N–H and O–H groups in total. The Morgan fingerprint density at radius 1 is 1.14 bits per heavy atom. The number of thiazole rings is 1. The summed E-state index contributed by atoms with van der Waals surface area (Å²) in [6.07, 6.45) is -4.41. The average molecular weight is 460 g/mol. The van der Waals surface area contributed by atoms with Crippen molar-refractivity contribution in [2.75, 3.05) is 0 Å². The average Bonchev–Trinajstić information content (AvgIpc) is 3.16. The number of thiophene rings is 1. The number of fused-ring (bicyclic) bond motifs is 2. The molecule has 0 aliphatic carbocycles. The summed E-state index contributed by atoms with van der Waals surface area (Å²) in [5, 5.41) is 5.34. The standard InChI is InChI=1S/C16H7BCl2F3N3OS2/c17-4-8-11-12(14(19)28-13(11)18)15(26)25(24-8)5-10-23-7-3-6(16(20,21)22)1-2-9(7)27-10/h1-3H,4-5H2. The van der Waals surface area contributed by atoms with E-state index in [1.165, 1.54) is 17.4 Å². The van der Waals surface area contributed by atoms with Gasteiger partial charge in [-0.05, 0) is 24.5 Å². The van der Waals surface area contributed by atoms with E-state index >= 15 is 0 Å². The molecule has 3 heterocycles. The molecule has 0 fully saturated rings. The first-order chi connectivity index (χ1) is 13.2. The number of hydrogen-bond acceptors (Lipinski definition) is 5. The van der Waals surface area contributed by atoms with Gasteiger partial charge in [0.2, 0.25) is 0 Å². The van der Waals surface area contributed by atoms with Gasteiger partial charge in [0.05, 0.1) is 41.3 Å². The molecule has 1 aromatic carbocycles. The third-order valence-electron chi connectivity index (χ3n) is 4.04. The van der Waals surface area contributed by atoms with Crippen molar-refractivity contribution in [2.24, 2.45) is 0 Å². The molecule has 142 valence electrons. The van der Waals surface area contributed by atoms with E-state index in [1.807, 2.05) is 0 Å². The molecule has 0 aliphatic rings. The van der Waals surface area contributed by atoms with E-state index in [9.17, 15) is 18.0 Å². The van der Waals surface area contributed by atoms with Crippen LogP contribution in [0.3, 0.4) is 0 Å². The number of hydrogen-bond donors (Lipinski definition) is 0. The summed E-state index contributed by atoms with van der Waals surface area (Å²) < 4.78 is 40.9. The molecule has 0 atom stereocenters. The van der Waals surface area contributed by atoms with E-state index in [0.29, 0.717) is 25.1 Å². The zero-order valence-electron chi connectivity index (χ0n) is 13.7. The van der Waals surface area contributed by atoms with Crippen LogP contribution in [0.2, 0.25) is 8.67 Å². The Kier molecular flexibility index (Phi) is 4.93. The van der Waals surface area contributed by atoms with Gasteiger partial charge in [0.1, 0.15) is 13.7 Å². The molecule has 0 aliphatic heterocycles. The van der Waals surface area contributed by atoms with Crippen molar-refractivity contribution in [3.63, 3.8) is 0 Å². The van der Waals surface area contributed by atoms with Crippen molar-refractivity contribution in [1.29, 1.82) is 0 Å². The Balaban J connectivity index is 1.81. The highest BCUT2D eigenvalue weighted by Crippen LogP contribution is 2.38. The minimum atomic E-state index is -4.45. The molecule has 28 heavy (non-hydrogen) atoms. The predicted octanol–water partition coefficient (Wildman–Crippen LogP) is 5.11. The van der Waals surface area contributed by atoms with E-state index in [2.05, 4.69) is 10.1 Å². The summed E-state index contributed by atoms with van der Waals surface area (Å²) in [7, 11) is 5.73. The third kappa shape index (κ3) is 3.32. The lowest BCUT2D eigenvalue weighted by Crippen LogP contribution is -2.25. The normalized spacial score (nSPS) is 12.3. The molecule has 2 radical (unpaired) electrons. The van der Waals surface area contributed by atoms with Crippen LogP contribution < -0.4 is 5.56 Å². The van der Waals surface area contributed by atoms with Crippen molar-refractivity contribution in [3.05, 3.63) is 53.5 Å². The quantitative estimate of drug-likeness (QED) is 0.400. The summed E-state index contributed by atoms with van der Waals surface area (Å²) in [6, 6.07) is 3.34. The molecular weight excluding hydrogens is 453 g/mol. The van der Waals surface area contributed by atoms with Crippen LogP contribution in [0.15, 0.2) is 23.0 Å². The zero-order valence-corrected chi connectivity index (χ0v) is 16.8. The highest BCUT2D eigenvalue weighted by atomic mass is 35.5. The van der Waals surface area contributed by atoms with Gasteiger partial charge in [-0.15, -0.1) is 22.7 Å². The van der Waals surface area contributed by atoms with Gasteiger partial charge < -0.3 is 0 Å². The van der Waals surface area contributed by atoms with Gasteiger partial charge in [0, 0.05) is 5.39 Å². The second-order valence-electron chi connectivity index (χ2n) is 5.80. The van der Waals surface area contributed by atoms with E-state index in [-0.39, 0.29) is 28.1 Å². The molecule has 0 unspecified atom stereocenters. The number of nitrogens with zero attached hydrogens (tertiary/aromatic N) is 3. The van der Waals surface area contributed by atoms with Crippen molar-refractivity contribution in [3.8, 4) is 0 Å². The maximum absolute atomic E-state index is 12.9. The molecule has 0 saturated carbocycles. The molecular formula is C16H7BCl2F3N3OS2. The van der Waals surface area contributed by atoms with Crippen LogP contribution in [-0.4, -0.2) is 22.6 Å². The Bertz CT molecular complexity index is 1280. The van der Waals surface area contributed by atoms with Gasteiger partial charge in [-0.3, -0.25) is 4.79 Å². The van der Waals surface area contributed by atoms with Gasteiger partial charge in [-0.1, -0.05) is 23.2 Å². The Morgan fingerprint density at radius 2 is 1.86 bits per heavy atom. The minimum Gasteiger partial charge on any atom is -0.267 e. The van der Waals surface area contributed by atoms with Crippen LogP contribution >= 0.6 is 45.9 Å². The molecule has 3 aromatic heterocycles. The molecule has 0 bridgehead atoms. The number of halogens is 5. The van der Waals surface area contributed by atoms with Crippen molar-refractivity contribution in [1.82, 2.24) is 14.8 Å². The lowest BCUT2D eigenvalue weighted by molar-refractivity contribution is -0.137. The SMILES string of the molecule is [B]Cc1nn(Cc2nc3cc(C(F)(F)F)ccc3s2)c(=O)c2c(Cl)sc(Cl)c12. The maximum atomic E-state index is 12.9. The molecule has 0 spiro atoms. The monoisotopic (exact) mass is 459 g/mol. The smallest absolute Gasteiger partial charge is 0.267 e. The summed E-state index contributed by atoms with van der Waals surface area (Å²) in [5.41, 5.74) is -0.628. The van der Waals surface area contributed by atoms with Crippen molar-refractivity contribution < 1.29 is 13.2 Å². The predicted molar refractivity (Wildman–Crippen MR) is 107 cm³/mol. The summed E-state index contributed by atoms with van der Waals surface area (Å²) in [4.78, 5) is 17.0. The number of rotatable bonds is 3. The molecule has 4 nitrogen and oxygen atoms in total. The van der Waals surface area contributed by atoms with Crippen LogP contribution in [-0.2, 0) is 19.0 Å². The Labute approximate surface area is 174 Å². The first-order valence-electron chi connectivity index (χ1n) is 7.73. The lowest BCUT2D eigenvalue weighted by atomic mass is 9.99. The van der Waals surface area contributed by atoms with Gasteiger partial charge in [-0.25, -0.2) is 9.67 Å². The van der Waals surface area contributed by atoms with E-state index in [0.717, 1.165) is 28.2 Å². The van der Waals surface area contributed by atoms with Crippen LogP contribution in [0.25, 0.3) is 21.0 Å². The van der Waals surface area contributed by atoms with Gasteiger partial charge in [0.25, 0.3) is 5.56 Å². The molecule has 0 saturated heterocycles. The van der Waals surface area contributed by atoms with Crippen molar-refractivity contribution in [2.45, 2.75) is 19.0 Å². The molecule has 12 heteroatoms. The van der Waals surface area contributed by atoms with Crippen LogP contribution in [0.4, 0.5) is 13.2 Å². The lowest BCUT2D eigenvalue weighted by Gasteiger charge is -2.07. The molecule has 4 aromatic rings.